The first-order valence-corrected chi connectivity index (χ1v) is 6.59. The Morgan fingerprint density at radius 1 is 1.00 bits per heavy atom. The van der Waals surface area contributed by atoms with Gasteiger partial charge >= 0.3 is 0 Å². The van der Waals surface area contributed by atoms with Crippen molar-refractivity contribution in [2.75, 3.05) is 4.90 Å². The van der Waals surface area contributed by atoms with Crippen LogP contribution in [-0.2, 0) is 9.59 Å². The number of hydrogen-bond acceptors (Lipinski definition) is 2. The van der Waals surface area contributed by atoms with Crippen molar-refractivity contribution in [1.82, 2.24) is 0 Å². The number of carbonyl (C=O) groups excluding carboxylic acids is 2. The fourth-order valence-electron chi connectivity index (χ4n) is 3.80. The van der Waals surface area contributed by atoms with E-state index in [1.807, 2.05) is 12.2 Å². The van der Waals surface area contributed by atoms with Gasteiger partial charge < -0.3 is 0 Å². The van der Waals surface area contributed by atoms with Crippen molar-refractivity contribution in [2.24, 2.45) is 23.7 Å². The average Bonchev–Trinajstić information content (AvgIpc) is 3.08. The van der Waals surface area contributed by atoms with Crippen molar-refractivity contribution < 1.29 is 18.4 Å². The Morgan fingerprint density at radius 2 is 1.60 bits per heavy atom. The Hall–Kier alpha value is -2.04. The maximum absolute atomic E-state index is 13.8. The molecular weight excluding hydrogens is 264 g/mol. The molecule has 5 heteroatoms. The summed E-state index contributed by atoms with van der Waals surface area (Å²) in [6.45, 7) is 0. The highest BCUT2D eigenvalue weighted by Gasteiger charge is 2.59. The second-order valence-electron chi connectivity index (χ2n) is 5.61. The first-order valence-electron chi connectivity index (χ1n) is 6.59. The Balaban J connectivity index is 1.80. The van der Waals surface area contributed by atoms with Gasteiger partial charge in [0.05, 0.1) is 17.5 Å². The number of imide groups is 1. The number of carbonyl (C=O) groups is 2. The molecule has 1 saturated heterocycles. The van der Waals surface area contributed by atoms with E-state index >= 15 is 0 Å². The summed E-state index contributed by atoms with van der Waals surface area (Å²) in [5.74, 6) is -2.91. The van der Waals surface area contributed by atoms with E-state index in [4.69, 9.17) is 0 Å². The number of amides is 2. The third kappa shape index (κ3) is 1.32. The Kier molecular flexibility index (Phi) is 2.20. The molecule has 3 nitrogen and oxygen atoms in total. The highest BCUT2D eigenvalue weighted by atomic mass is 19.1. The van der Waals surface area contributed by atoms with Gasteiger partial charge in [0.1, 0.15) is 11.6 Å². The zero-order chi connectivity index (χ0) is 14.0. The first kappa shape index (κ1) is 11.8. The zero-order valence-electron chi connectivity index (χ0n) is 10.4. The van der Waals surface area contributed by atoms with Gasteiger partial charge in [0, 0.05) is 6.07 Å². The molecule has 4 atom stereocenters. The molecule has 3 aliphatic rings. The molecule has 2 fully saturated rings. The molecule has 0 spiro atoms. The molecule has 2 amide bonds. The van der Waals surface area contributed by atoms with E-state index in [1.54, 1.807) is 0 Å². The maximum atomic E-state index is 13.8. The van der Waals surface area contributed by atoms with Crippen molar-refractivity contribution in [2.45, 2.75) is 6.42 Å². The normalized spacial score (nSPS) is 34.2. The summed E-state index contributed by atoms with van der Waals surface area (Å²) in [7, 11) is 0. The second kappa shape index (κ2) is 3.75. The Labute approximate surface area is 113 Å². The van der Waals surface area contributed by atoms with Crippen molar-refractivity contribution in [3.05, 3.63) is 42.0 Å². The molecule has 102 valence electrons. The van der Waals surface area contributed by atoms with Crippen LogP contribution in [0.25, 0.3) is 0 Å². The van der Waals surface area contributed by atoms with Crippen LogP contribution in [-0.4, -0.2) is 11.8 Å². The molecule has 1 aliphatic heterocycles. The minimum atomic E-state index is -0.756. The van der Waals surface area contributed by atoms with Crippen LogP contribution in [0.15, 0.2) is 30.4 Å². The molecule has 4 rings (SSSR count). The standard InChI is InChI=1S/C15H11F2NO2/c16-9-3-4-10(17)11(6-9)18-14(19)12-7-1-2-8(5-7)13(12)15(18)20/h1-4,6-8,12-13H,5H2/t7-,8-,12-,13+/m0/s1. The maximum Gasteiger partial charge on any atom is 0.238 e. The van der Waals surface area contributed by atoms with Crippen LogP contribution in [0.2, 0.25) is 0 Å². The van der Waals surface area contributed by atoms with Crippen LogP contribution >= 0.6 is 0 Å². The molecular formula is C15H11F2NO2. The van der Waals surface area contributed by atoms with Gasteiger partial charge in [-0.15, -0.1) is 0 Å². The van der Waals surface area contributed by atoms with Crippen LogP contribution in [0.1, 0.15) is 6.42 Å². The number of halogens is 2. The lowest BCUT2D eigenvalue weighted by Gasteiger charge is -2.17. The lowest BCUT2D eigenvalue weighted by molar-refractivity contribution is -0.123. The SMILES string of the molecule is O=C1[C@@H]2[C@H](C(=O)N1c1cc(F)ccc1F)[C@H]1C=C[C@H]2C1. The van der Waals surface area contributed by atoms with Crippen molar-refractivity contribution in [3.63, 3.8) is 0 Å². The van der Waals surface area contributed by atoms with Crippen LogP contribution in [0.3, 0.4) is 0 Å². The van der Waals surface area contributed by atoms with Crippen LogP contribution in [0.4, 0.5) is 14.5 Å². The third-order valence-corrected chi connectivity index (χ3v) is 4.62. The van der Waals surface area contributed by atoms with Gasteiger partial charge in [-0.2, -0.15) is 0 Å². The number of fused-ring (bicyclic) bond motifs is 5. The zero-order valence-corrected chi connectivity index (χ0v) is 10.4. The predicted molar refractivity (Wildman–Crippen MR) is 66.6 cm³/mol. The second-order valence-corrected chi connectivity index (χ2v) is 5.61. The monoisotopic (exact) mass is 275 g/mol. The summed E-state index contributed by atoms with van der Waals surface area (Å²) < 4.78 is 27.1. The summed E-state index contributed by atoms with van der Waals surface area (Å²) in [5.41, 5.74) is -0.270. The van der Waals surface area contributed by atoms with Gasteiger partial charge in [-0.25, -0.2) is 13.7 Å². The highest BCUT2D eigenvalue weighted by molar-refractivity contribution is 6.22. The average molecular weight is 275 g/mol. The van der Waals surface area contributed by atoms with Crippen molar-refractivity contribution in [3.8, 4) is 0 Å². The molecule has 0 radical (unpaired) electrons. The van der Waals surface area contributed by atoms with E-state index in [0.717, 1.165) is 29.5 Å². The van der Waals surface area contributed by atoms with Gasteiger partial charge in [0.2, 0.25) is 11.8 Å². The Morgan fingerprint density at radius 3 is 2.20 bits per heavy atom. The topological polar surface area (TPSA) is 37.4 Å². The number of hydrogen-bond donors (Lipinski definition) is 0. The van der Waals surface area contributed by atoms with Gasteiger partial charge in [-0.05, 0) is 30.4 Å². The quantitative estimate of drug-likeness (QED) is 0.582. The summed E-state index contributed by atoms with van der Waals surface area (Å²) in [6.07, 6.45) is 4.73. The van der Waals surface area contributed by atoms with Crippen LogP contribution in [0.5, 0.6) is 0 Å². The lowest BCUT2D eigenvalue weighted by atomic mass is 9.85. The highest BCUT2D eigenvalue weighted by Crippen LogP contribution is 2.53. The van der Waals surface area contributed by atoms with E-state index in [-0.39, 0.29) is 17.5 Å². The molecule has 0 unspecified atom stereocenters. The predicted octanol–water partition coefficient (Wildman–Crippen LogP) is 2.28. The van der Waals surface area contributed by atoms with E-state index in [0.29, 0.717) is 0 Å². The minimum Gasteiger partial charge on any atom is -0.274 e. The van der Waals surface area contributed by atoms with Crippen molar-refractivity contribution in [1.29, 1.82) is 0 Å². The van der Waals surface area contributed by atoms with Crippen molar-refractivity contribution >= 4 is 17.5 Å². The van der Waals surface area contributed by atoms with Gasteiger partial charge in [0.15, 0.2) is 0 Å². The number of nitrogens with zero attached hydrogens (tertiary/aromatic N) is 1. The van der Waals surface area contributed by atoms with E-state index in [1.165, 1.54) is 0 Å². The summed E-state index contributed by atoms with van der Waals surface area (Å²) in [5, 5.41) is 0. The molecule has 2 bridgehead atoms. The number of allylic oxidation sites excluding steroid dienone is 2. The number of benzene rings is 1. The molecule has 1 aromatic rings. The van der Waals surface area contributed by atoms with Gasteiger partial charge in [-0.3, -0.25) is 9.59 Å². The van der Waals surface area contributed by atoms with Crippen LogP contribution < -0.4 is 4.90 Å². The summed E-state index contributed by atoms with van der Waals surface area (Å²) in [6, 6.07) is 2.81. The fourth-order valence-corrected chi connectivity index (χ4v) is 3.80. The molecule has 20 heavy (non-hydrogen) atoms. The molecule has 2 aliphatic carbocycles. The van der Waals surface area contributed by atoms with E-state index in [9.17, 15) is 18.4 Å². The Bertz CT molecular complexity index is 640. The van der Waals surface area contributed by atoms with Gasteiger partial charge in [0.25, 0.3) is 0 Å². The molecule has 1 heterocycles. The number of rotatable bonds is 1. The molecule has 0 N–H and O–H groups in total. The smallest absolute Gasteiger partial charge is 0.238 e. The van der Waals surface area contributed by atoms with E-state index < -0.39 is 35.3 Å². The third-order valence-electron chi connectivity index (χ3n) is 4.62. The van der Waals surface area contributed by atoms with Gasteiger partial charge in [-0.1, -0.05) is 12.2 Å². The number of anilines is 1. The first-order chi connectivity index (χ1) is 9.58. The molecule has 1 aromatic carbocycles. The lowest BCUT2D eigenvalue weighted by Crippen LogP contribution is -2.33. The largest absolute Gasteiger partial charge is 0.274 e. The molecule has 0 aromatic heterocycles. The fraction of sp³-hybridized carbons (Fsp3) is 0.333. The van der Waals surface area contributed by atoms with Crippen LogP contribution in [0, 0.1) is 35.3 Å². The summed E-state index contributed by atoms with van der Waals surface area (Å²) >= 11 is 0. The minimum absolute atomic E-state index is 0.0584. The van der Waals surface area contributed by atoms with E-state index in [2.05, 4.69) is 0 Å². The summed E-state index contributed by atoms with van der Waals surface area (Å²) in [4.78, 5) is 25.7. The molecule has 1 saturated carbocycles.